The summed E-state index contributed by atoms with van der Waals surface area (Å²) in [6.07, 6.45) is 0.940. The van der Waals surface area contributed by atoms with Crippen molar-refractivity contribution < 1.29 is 9.53 Å². The summed E-state index contributed by atoms with van der Waals surface area (Å²) in [4.78, 5) is 15.9. The summed E-state index contributed by atoms with van der Waals surface area (Å²) in [5.74, 6) is 0.922. The predicted molar refractivity (Wildman–Crippen MR) is 92.4 cm³/mol. The van der Waals surface area contributed by atoms with E-state index in [2.05, 4.69) is 9.80 Å². The van der Waals surface area contributed by atoms with Gasteiger partial charge in [0.1, 0.15) is 12.4 Å². The Bertz CT molecular complexity index is 622. The van der Waals surface area contributed by atoms with Crippen LogP contribution < -0.4 is 9.64 Å². The standard InChI is InChI=1S/C19H22N2O2/c22-16-17-6-4-5-9-19(17)21-12-10-20(11-13-21)14-15-23-18-7-2-1-3-8-18/h1-9,16H,10-15H2. The van der Waals surface area contributed by atoms with E-state index in [9.17, 15) is 4.79 Å². The SMILES string of the molecule is O=Cc1ccccc1N1CCN(CCOc2ccccc2)CC1. The number of para-hydroxylation sites is 2. The van der Waals surface area contributed by atoms with Crippen molar-refractivity contribution in [1.29, 1.82) is 0 Å². The molecule has 0 saturated carbocycles. The number of hydrogen-bond donors (Lipinski definition) is 0. The van der Waals surface area contributed by atoms with Crippen LogP contribution in [0.4, 0.5) is 5.69 Å². The highest BCUT2D eigenvalue weighted by molar-refractivity contribution is 5.84. The number of hydrogen-bond acceptors (Lipinski definition) is 4. The molecule has 2 aromatic carbocycles. The normalized spacial score (nSPS) is 15.4. The van der Waals surface area contributed by atoms with Crippen molar-refractivity contribution in [3.63, 3.8) is 0 Å². The average molecular weight is 310 g/mol. The van der Waals surface area contributed by atoms with Gasteiger partial charge in [0.05, 0.1) is 0 Å². The van der Waals surface area contributed by atoms with Gasteiger partial charge in [-0.15, -0.1) is 0 Å². The first kappa shape index (κ1) is 15.6. The van der Waals surface area contributed by atoms with Crippen LogP contribution in [0.15, 0.2) is 54.6 Å². The zero-order valence-electron chi connectivity index (χ0n) is 13.2. The number of anilines is 1. The zero-order valence-corrected chi connectivity index (χ0v) is 13.2. The smallest absolute Gasteiger partial charge is 0.152 e. The Morgan fingerprint density at radius 2 is 1.61 bits per heavy atom. The molecule has 1 fully saturated rings. The van der Waals surface area contributed by atoms with Gasteiger partial charge < -0.3 is 9.64 Å². The lowest BCUT2D eigenvalue weighted by Crippen LogP contribution is -2.47. The second kappa shape index (κ2) is 7.79. The lowest BCUT2D eigenvalue weighted by molar-refractivity contribution is 0.112. The number of aldehydes is 1. The first-order chi connectivity index (χ1) is 11.4. The minimum Gasteiger partial charge on any atom is -0.492 e. The number of ether oxygens (including phenoxy) is 1. The van der Waals surface area contributed by atoms with Gasteiger partial charge in [-0.1, -0.05) is 30.3 Å². The Kier molecular flexibility index (Phi) is 5.27. The van der Waals surface area contributed by atoms with Crippen LogP contribution in [0.5, 0.6) is 5.75 Å². The first-order valence-electron chi connectivity index (χ1n) is 8.06. The number of carbonyl (C=O) groups excluding carboxylic acids is 1. The molecule has 3 rings (SSSR count). The summed E-state index contributed by atoms with van der Waals surface area (Å²) in [6.45, 7) is 5.50. The molecule has 0 amide bonds. The Morgan fingerprint density at radius 1 is 0.913 bits per heavy atom. The summed E-state index contributed by atoms with van der Waals surface area (Å²) in [6, 6.07) is 17.7. The molecule has 0 bridgehead atoms. The van der Waals surface area contributed by atoms with E-state index < -0.39 is 0 Å². The molecular formula is C19H22N2O2. The van der Waals surface area contributed by atoms with Crippen molar-refractivity contribution in [2.24, 2.45) is 0 Å². The summed E-state index contributed by atoms with van der Waals surface area (Å²) in [5.41, 5.74) is 1.82. The average Bonchev–Trinajstić information content (AvgIpc) is 2.63. The van der Waals surface area contributed by atoms with Gasteiger partial charge in [0.2, 0.25) is 0 Å². The Morgan fingerprint density at radius 3 is 2.35 bits per heavy atom. The molecule has 0 radical (unpaired) electrons. The Hall–Kier alpha value is -2.33. The fraction of sp³-hybridized carbons (Fsp3) is 0.316. The third-order valence-electron chi connectivity index (χ3n) is 4.20. The van der Waals surface area contributed by atoms with Crippen molar-refractivity contribution in [3.05, 3.63) is 60.2 Å². The van der Waals surface area contributed by atoms with Gasteiger partial charge in [0.25, 0.3) is 0 Å². The summed E-state index contributed by atoms with van der Waals surface area (Å²) < 4.78 is 5.76. The van der Waals surface area contributed by atoms with Crippen LogP contribution >= 0.6 is 0 Å². The molecule has 1 aliphatic heterocycles. The largest absolute Gasteiger partial charge is 0.492 e. The van der Waals surface area contributed by atoms with Crippen molar-refractivity contribution in [2.45, 2.75) is 0 Å². The maximum absolute atomic E-state index is 11.2. The van der Waals surface area contributed by atoms with Crippen LogP contribution in [0, 0.1) is 0 Å². The van der Waals surface area contributed by atoms with Crippen LogP contribution in [0.25, 0.3) is 0 Å². The van der Waals surface area contributed by atoms with E-state index in [0.717, 1.165) is 56.0 Å². The van der Waals surface area contributed by atoms with Gasteiger partial charge in [0.15, 0.2) is 6.29 Å². The van der Waals surface area contributed by atoms with E-state index >= 15 is 0 Å². The quantitative estimate of drug-likeness (QED) is 0.768. The molecule has 23 heavy (non-hydrogen) atoms. The highest BCUT2D eigenvalue weighted by Crippen LogP contribution is 2.20. The molecule has 0 aromatic heterocycles. The van der Waals surface area contributed by atoms with Gasteiger partial charge >= 0.3 is 0 Å². The van der Waals surface area contributed by atoms with E-state index in [1.54, 1.807) is 0 Å². The number of rotatable bonds is 6. The molecule has 1 heterocycles. The molecule has 4 heteroatoms. The maximum atomic E-state index is 11.2. The summed E-state index contributed by atoms with van der Waals surface area (Å²) in [7, 11) is 0. The third kappa shape index (κ3) is 4.11. The second-order valence-corrected chi connectivity index (χ2v) is 5.67. The summed E-state index contributed by atoms with van der Waals surface area (Å²) >= 11 is 0. The molecule has 0 atom stereocenters. The number of piperazine rings is 1. The minimum absolute atomic E-state index is 0.703. The Labute approximate surface area is 137 Å². The monoisotopic (exact) mass is 310 g/mol. The van der Waals surface area contributed by atoms with Crippen LogP contribution in [0.2, 0.25) is 0 Å². The van der Waals surface area contributed by atoms with E-state index in [4.69, 9.17) is 4.74 Å². The lowest BCUT2D eigenvalue weighted by Gasteiger charge is -2.36. The van der Waals surface area contributed by atoms with Gasteiger partial charge in [0, 0.05) is 44.0 Å². The molecule has 0 N–H and O–H groups in total. The molecule has 1 aliphatic rings. The molecule has 120 valence electrons. The van der Waals surface area contributed by atoms with Crippen molar-refractivity contribution in [2.75, 3.05) is 44.2 Å². The minimum atomic E-state index is 0.703. The lowest BCUT2D eigenvalue weighted by atomic mass is 10.1. The second-order valence-electron chi connectivity index (χ2n) is 5.67. The molecule has 0 spiro atoms. The zero-order chi connectivity index (χ0) is 15.9. The van der Waals surface area contributed by atoms with Crippen LogP contribution in [0.1, 0.15) is 10.4 Å². The first-order valence-corrected chi connectivity index (χ1v) is 8.06. The van der Waals surface area contributed by atoms with Crippen molar-refractivity contribution >= 4 is 12.0 Å². The van der Waals surface area contributed by atoms with Crippen molar-refractivity contribution in [3.8, 4) is 5.75 Å². The number of nitrogens with zero attached hydrogens (tertiary/aromatic N) is 2. The molecule has 1 saturated heterocycles. The molecule has 0 unspecified atom stereocenters. The van der Waals surface area contributed by atoms with Crippen LogP contribution in [0.3, 0.4) is 0 Å². The molecular weight excluding hydrogens is 288 g/mol. The van der Waals surface area contributed by atoms with E-state index in [1.165, 1.54) is 0 Å². The van der Waals surface area contributed by atoms with Gasteiger partial charge in [-0.2, -0.15) is 0 Å². The molecule has 0 aliphatic carbocycles. The van der Waals surface area contributed by atoms with Crippen molar-refractivity contribution in [1.82, 2.24) is 4.90 Å². The van der Waals surface area contributed by atoms with Gasteiger partial charge in [-0.05, 0) is 24.3 Å². The van der Waals surface area contributed by atoms with Crippen LogP contribution in [-0.2, 0) is 0 Å². The predicted octanol–water partition coefficient (Wildman–Crippen LogP) is 2.70. The van der Waals surface area contributed by atoms with E-state index in [0.29, 0.717) is 6.61 Å². The Balaban J connectivity index is 1.46. The topological polar surface area (TPSA) is 32.8 Å². The fourth-order valence-corrected chi connectivity index (χ4v) is 2.90. The molecule has 2 aromatic rings. The van der Waals surface area contributed by atoms with Crippen LogP contribution in [-0.4, -0.2) is 50.5 Å². The molecule has 4 nitrogen and oxygen atoms in total. The number of carbonyl (C=O) groups is 1. The van der Waals surface area contributed by atoms with Gasteiger partial charge in [-0.25, -0.2) is 0 Å². The number of benzene rings is 2. The fourth-order valence-electron chi connectivity index (χ4n) is 2.90. The van der Waals surface area contributed by atoms with Gasteiger partial charge in [-0.3, -0.25) is 9.69 Å². The highest BCUT2D eigenvalue weighted by atomic mass is 16.5. The third-order valence-corrected chi connectivity index (χ3v) is 4.20. The maximum Gasteiger partial charge on any atom is 0.152 e. The van der Waals surface area contributed by atoms with E-state index in [-0.39, 0.29) is 0 Å². The highest BCUT2D eigenvalue weighted by Gasteiger charge is 2.18. The summed E-state index contributed by atoms with van der Waals surface area (Å²) in [5, 5.41) is 0. The van der Waals surface area contributed by atoms with E-state index in [1.807, 2.05) is 54.6 Å².